The van der Waals surface area contributed by atoms with Crippen LogP contribution in [0.1, 0.15) is 37.5 Å². The second kappa shape index (κ2) is 9.51. The van der Waals surface area contributed by atoms with Crippen LogP contribution >= 0.6 is 0 Å². The van der Waals surface area contributed by atoms with Gasteiger partial charge in [0.2, 0.25) is 0 Å². The molecule has 0 fully saturated rings. The van der Waals surface area contributed by atoms with Crippen molar-refractivity contribution in [3.8, 4) is 0 Å². The van der Waals surface area contributed by atoms with Crippen molar-refractivity contribution in [1.82, 2.24) is 4.90 Å². The summed E-state index contributed by atoms with van der Waals surface area (Å²) < 4.78 is 19.1. The highest BCUT2D eigenvalue weighted by Crippen LogP contribution is 2.19. The topological polar surface area (TPSA) is 49.8 Å². The highest BCUT2D eigenvalue weighted by Gasteiger charge is 2.27. The fourth-order valence-electron chi connectivity index (χ4n) is 2.73. The number of aliphatic hydroxyl groups is 1. The Labute approximate surface area is 160 Å². The van der Waals surface area contributed by atoms with E-state index in [0.717, 1.165) is 11.1 Å². The molecule has 0 unspecified atom stereocenters. The molecule has 0 heterocycles. The highest BCUT2D eigenvalue weighted by atomic mass is 19.1. The van der Waals surface area contributed by atoms with Gasteiger partial charge in [0.05, 0.1) is 6.61 Å². The van der Waals surface area contributed by atoms with E-state index in [0.29, 0.717) is 24.9 Å². The summed E-state index contributed by atoms with van der Waals surface area (Å²) in [5, 5.41) is 9.00. The number of nitrogens with zero attached hydrogens (tertiary/aromatic N) is 1. The Morgan fingerprint density at radius 2 is 1.67 bits per heavy atom. The first-order valence-electron chi connectivity index (χ1n) is 9.17. The maximum atomic E-state index is 13.7. The third-order valence-electron chi connectivity index (χ3n) is 4.35. The van der Waals surface area contributed by atoms with Crippen LogP contribution < -0.4 is 0 Å². The molecule has 0 aliphatic carbocycles. The number of benzene rings is 2. The van der Waals surface area contributed by atoms with Crippen LogP contribution in [0.25, 0.3) is 0 Å². The molecule has 146 valence electrons. The third kappa shape index (κ3) is 6.36. The molecule has 0 spiro atoms. The van der Waals surface area contributed by atoms with E-state index in [4.69, 9.17) is 9.84 Å². The summed E-state index contributed by atoms with van der Waals surface area (Å²) in [7, 11) is 0. The standard InChI is InChI=1S/C22H28FNO3/c1-22(2,3)24(16-18-10-8-17(9-11-18)12-14-25)21(26)27-15-13-19-6-4-5-7-20(19)23/h4-11,25H,12-16H2,1-3H3. The Balaban J connectivity index is 1.98. The molecule has 5 heteroatoms. The lowest BCUT2D eigenvalue weighted by molar-refractivity contribution is 0.0642. The van der Waals surface area contributed by atoms with Crippen LogP contribution in [0.4, 0.5) is 9.18 Å². The second-order valence-corrected chi connectivity index (χ2v) is 7.50. The van der Waals surface area contributed by atoms with E-state index in [1.165, 1.54) is 6.07 Å². The molecule has 2 rings (SSSR count). The summed E-state index contributed by atoms with van der Waals surface area (Å²) in [5.41, 5.74) is 2.15. The molecule has 0 radical (unpaired) electrons. The van der Waals surface area contributed by atoms with Crippen LogP contribution in [0.15, 0.2) is 48.5 Å². The van der Waals surface area contributed by atoms with Crippen molar-refractivity contribution in [3.63, 3.8) is 0 Å². The quantitative estimate of drug-likeness (QED) is 0.785. The van der Waals surface area contributed by atoms with Gasteiger partial charge in [-0.1, -0.05) is 42.5 Å². The Morgan fingerprint density at radius 1 is 1.04 bits per heavy atom. The lowest BCUT2D eigenvalue weighted by Crippen LogP contribution is -2.45. The van der Waals surface area contributed by atoms with Crippen molar-refractivity contribution in [1.29, 1.82) is 0 Å². The van der Waals surface area contributed by atoms with E-state index >= 15 is 0 Å². The van der Waals surface area contributed by atoms with Gasteiger partial charge in [-0.15, -0.1) is 0 Å². The first-order valence-corrected chi connectivity index (χ1v) is 9.17. The number of amides is 1. The Bertz CT molecular complexity index is 738. The minimum absolute atomic E-state index is 0.113. The number of halogens is 1. The maximum Gasteiger partial charge on any atom is 0.410 e. The van der Waals surface area contributed by atoms with Gasteiger partial charge in [0.25, 0.3) is 0 Å². The third-order valence-corrected chi connectivity index (χ3v) is 4.35. The predicted molar refractivity (Wildman–Crippen MR) is 104 cm³/mol. The average molecular weight is 373 g/mol. The van der Waals surface area contributed by atoms with Crippen LogP contribution in [0, 0.1) is 5.82 Å². The molecule has 0 aromatic heterocycles. The fraction of sp³-hybridized carbons (Fsp3) is 0.409. The zero-order valence-corrected chi connectivity index (χ0v) is 16.2. The van der Waals surface area contributed by atoms with E-state index in [-0.39, 0.29) is 19.0 Å². The molecule has 0 saturated heterocycles. The fourth-order valence-corrected chi connectivity index (χ4v) is 2.73. The van der Waals surface area contributed by atoms with Gasteiger partial charge in [-0.2, -0.15) is 0 Å². The van der Waals surface area contributed by atoms with Crippen molar-refractivity contribution in [2.45, 2.75) is 45.7 Å². The number of rotatable bonds is 7. The maximum absolute atomic E-state index is 13.7. The van der Waals surface area contributed by atoms with Gasteiger partial charge in [0.1, 0.15) is 5.82 Å². The number of carbonyl (C=O) groups excluding carboxylic acids is 1. The monoisotopic (exact) mass is 373 g/mol. The molecule has 0 saturated carbocycles. The van der Waals surface area contributed by atoms with Gasteiger partial charge in [0.15, 0.2) is 0 Å². The van der Waals surface area contributed by atoms with Crippen molar-refractivity contribution in [2.75, 3.05) is 13.2 Å². The van der Waals surface area contributed by atoms with Crippen molar-refractivity contribution in [3.05, 3.63) is 71.0 Å². The number of hydrogen-bond acceptors (Lipinski definition) is 3. The number of carbonyl (C=O) groups is 1. The molecule has 0 atom stereocenters. The van der Waals surface area contributed by atoms with Gasteiger partial charge in [-0.3, -0.25) is 4.90 Å². The summed E-state index contributed by atoms with van der Waals surface area (Å²) in [5.74, 6) is -0.288. The first kappa shape index (κ1) is 20.9. The van der Waals surface area contributed by atoms with Crippen molar-refractivity contribution >= 4 is 6.09 Å². The largest absolute Gasteiger partial charge is 0.449 e. The molecule has 0 aliphatic rings. The molecular formula is C22H28FNO3. The normalized spacial score (nSPS) is 11.3. The van der Waals surface area contributed by atoms with E-state index in [9.17, 15) is 9.18 Å². The minimum atomic E-state index is -0.418. The number of aliphatic hydroxyl groups excluding tert-OH is 1. The molecule has 1 amide bonds. The van der Waals surface area contributed by atoms with Crippen LogP contribution in [-0.4, -0.2) is 34.9 Å². The summed E-state index contributed by atoms with van der Waals surface area (Å²) in [6, 6.07) is 14.3. The summed E-state index contributed by atoms with van der Waals surface area (Å²) in [6.45, 7) is 6.51. The molecular weight excluding hydrogens is 345 g/mol. The van der Waals surface area contributed by atoms with Gasteiger partial charge in [-0.25, -0.2) is 9.18 Å². The van der Waals surface area contributed by atoms with E-state index in [1.54, 1.807) is 23.1 Å². The Hall–Kier alpha value is -2.40. The summed E-state index contributed by atoms with van der Waals surface area (Å²) in [6.07, 6.45) is 0.534. The molecule has 2 aromatic carbocycles. The molecule has 27 heavy (non-hydrogen) atoms. The van der Waals surface area contributed by atoms with E-state index in [2.05, 4.69) is 0 Å². The SMILES string of the molecule is CC(C)(C)N(Cc1ccc(CCO)cc1)C(=O)OCCc1ccccc1F. The second-order valence-electron chi connectivity index (χ2n) is 7.50. The smallest absolute Gasteiger partial charge is 0.410 e. The van der Waals surface area contributed by atoms with Crippen molar-refractivity contribution < 1.29 is 19.0 Å². The Morgan fingerprint density at radius 3 is 2.26 bits per heavy atom. The lowest BCUT2D eigenvalue weighted by atomic mass is 10.0. The molecule has 1 N–H and O–H groups in total. The van der Waals surface area contributed by atoms with Gasteiger partial charge in [-0.05, 0) is 49.9 Å². The number of hydrogen-bond donors (Lipinski definition) is 1. The molecule has 2 aromatic rings. The molecule has 0 aliphatic heterocycles. The average Bonchev–Trinajstić information content (AvgIpc) is 2.62. The lowest BCUT2D eigenvalue weighted by Gasteiger charge is -2.35. The highest BCUT2D eigenvalue weighted by molar-refractivity contribution is 5.68. The van der Waals surface area contributed by atoms with Gasteiger partial charge >= 0.3 is 6.09 Å². The van der Waals surface area contributed by atoms with Crippen molar-refractivity contribution in [2.24, 2.45) is 0 Å². The van der Waals surface area contributed by atoms with E-state index in [1.807, 2.05) is 45.0 Å². The van der Waals surface area contributed by atoms with Crippen LogP contribution in [0.3, 0.4) is 0 Å². The van der Waals surface area contributed by atoms with Gasteiger partial charge < -0.3 is 9.84 Å². The minimum Gasteiger partial charge on any atom is -0.449 e. The van der Waals surface area contributed by atoms with Crippen LogP contribution in [0.2, 0.25) is 0 Å². The van der Waals surface area contributed by atoms with Gasteiger partial charge in [0, 0.05) is 25.1 Å². The first-order chi connectivity index (χ1) is 12.8. The zero-order chi connectivity index (χ0) is 19.9. The molecule has 4 nitrogen and oxygen atoms in total. The van der Waals surface area contributed by atoms with E-state index < -0.39 is 11.6 Å². The van der Waals surface area contributed by atoms with Crippen LogP contribution in [-0.2, 0) is 24.1 Å². The summed E-state index contributed by atoms with van der Waals surface area (Å²) >= 11 is 0. The number of ether oxygens (including phenoxy) is 1. The summed E-state index contributed by atoms with van der Waals surface area (Å²) in [4.78, 5) is 14.3. The predicted octanol–water partition coefficient (Wildman–Crippen LogP) is 4.34. The zero-order valence-electron chi connectivity index (χ0n) is 16.2. The Kier molecular flexibility index (Phi) is 7.36. The molecule has 0 bridgehead atoms. The van der Waals surface area contributed by atoms with Crippen LogP contribution in [0.5, 0.6) is 0 Å².